The highest BCUT2D eigenvalue weighted by Crippen LogP contribution is 2.43. The van der Waals surface area contributed by atoms with Crippen LogP contribution >= 0.6 is 0 Å². The summed E-state index contributed by atoms with van der Waals surface area (Å²) >= 11 is 0. The minimum atomic E-state index is 0.262. The van der Waals surface area contributed by atoms with Crippen LogP contribution < -0.4 is 5.73 Å². The fraction of sp³-hybridized carbons (Fsp3) is 1.00. The first kappa shape index (κ1) is 15.3. The molecular formula is C16H33N3. The highest BCUT2D eigenvalue weighted by Gasteiger charge is 2.42. The second-order valence-corrected chi connectivity index (χ2v) is 7.76. The van der Waals surface area contributed by atoms with Crippen molar-refractivity contribution in [1.82, 2.24) is 9.80 Å². The number of rotatable bonds is 3. The zero-order valence-corrected chi connectivity index (χ0v) is 13.4. The maximum absolute atomic E-state index is 6.21. The smallest absolute Gasteiger partial charge is 0.0332 e. The zero-order chi connectivity index (χ0) is 14.1. The number of piperidine rings is 1. The van der Waals surface area contributed by atoms with Crippen molar-refractivity contribution in [2.24, 2.45) is 11.1 Å². The lowest BCUT2D eigenvalue weighted by Crippen LogP contribution is -2.60. The lowest BCUT2D eigenvalue weighted by molar-refractivity contribution is -0.00759. The summed E-state index contributed by atoms with van der Waals surface area (Å²) in [6.07, 6.45) is 7.85. The van der Waals surface area contributed by atoms with Crippen molar-refractivity contribution in [3.63, 3.8) is 0 Å². The molecule has 2 fully saturated rings. The van der Waals surface area contributed by atoms with Gasteiger partial charge >= 0.3 is 0 Å². The molecule has 3 nitrogen and oxygen atoms in total. The highest BCUT2D eigenvalue weighted by molar-refractivity contribution is 4.99. The predicted molar refractivity (Wildman–Crippen MR) is 82.3 cm³/mol. The van der Waals surface area contributed by atoms with E-state index in [1.807, 2.05) is 0 Å². The van der Waals surface area contributed by atoms with Gasteiger partial charge in [-0.3, -0.25) is 4.90 Å². The average Bonchev–Trinajstić information content (AvgIpc) is 2.39. The van der Waals surface area contributed by atoms with Crippen LogP contribution in [-0.4, -0.2) is 55.1 Å². The minimum absolute atomic E-state index is 0.262. The third kappa shape index (κ3) is 3.32. The Morgan fingerprint density at radius 2 is 1.84 bits per heavy atom. The molecule has 0 radical (unpaired) electrons. The van der Waals surface area contributed by atoms with Crippen molar-refractivity contribution in [3.8, 4) is 0 Å². The van der Waals surface area contributed by atoms with E-state index < -0.39 is 0 Å². The molecule has 1 aliphatic carbocycles. The van der Waals surface area contributed by atoms with Gasteiger partial charge in [0.2, 0.25) is 0 Å². The fourth-order valence-electron chi connectivity index (χ4n) is 3.94. The lowest BCUT2D eigenvalue weighted by Gasteiger charge is -2.52. The molecule has 0 bridgehead atoms. The van der Waals surface area contributed by atoms with Crippen molar-refractivity contribution in [2.45, 2.75) is 64.0 Å². The van der Waals surface area contributed by atoms with Gasteiger partial charge in [-0.1, -0.05) is 13.8 Å². The molecule has 2 N–H and O–H groups in total. The topological polar surface area (TPSA) is 32.5 Å². The first-order valence-electron chi connectivity index (χ1n) is 8.00. The third-order valence-corrected chi connectivity index (χ3v) is 5.81. The molecule has 1 unspecified atom stereocenters. The van der Waals surface area contributed by atoms with E-state index in [4.69, 9.17) is 5.73 Å². The Morgan fingerprint density at radius 3 is 2.37 bits per heavy atom. The van der Waals surface area contributed by atoms with Crippen LogP contribution in [0.1, 0.15) is 52.4 Å². The van der Waals surface area contributed by atoms with Crippen LogP contribution in [0.4, 0.5) is 0 Å². The van der Waals surface area contributed by atoms with Gasteiger partial charge in [0, 0.05) is 24.7 Å². The van der Waals surface area contributed by atoms with Crippen LogP contribution in [0.2, 0.25) is 0 Å². The Morgan fingerprint density at radius 1 is 1.21 bits per heavy atom. The van der Waals surface area contributed by atoms with Gasteiger partial charge in [-0.05, 0) is 64.6 Å². The Hall–Kier alpha value is -0.120. The summed E-state index contributed by atoms with van der Waals surface area (Å²) in [5, 5.41) is 0. The number of likely N-dealkylation sites (tertiary alicyclic amines) is 1. The molecule has 1 saturated carbocycles. The Kier molecular flexibility index (Phi) is 4.59. The average molecular weight is 267 g/mol. The molecule has 1 saturated heterocycles. The first-order valence-corrected chi connectivity index (χ1v) is 8.00. The predicted octanol–water partition coefficient (Wildman–Crippen LogP) is 2.31. The standard InChI is InChI=1S/C16H33N3/c1-15(2)7-9-16(13-17,10-8-15)19(4)14-6-5-11-18(3)12-14/h14H,5-13,17H2,1-4H3. The fourth-order valence-corrected chi connectivity index (χ4v) is 3.94. The van der Waals surface area contributed by atoms with Crippen LogP contribution in [0.5, 0.6) is 0 Å². The second kappa shape index (κ2) is 5.71. The van der Waals surface area contributed by atoms with Crippen molar-refractivity contribution in [2.75, 3.05) is 33.7 Å². The van der Waals surface area contributed by atoms with E-state index in [2.05, 4.69) is 37.7 Å². The maximum atomic E-state index is 6.21. The van der Waals surface area contributed by atoms with Gasteiger partial charge in [-0.2, -0.15) is 0 Å². The van der Waals surface area contributed by atoms with E-state index in [1.54, 1.807) is 0 Å². The molecule has 112 valence electrons. The van der Waals surface area contributed by atoms with E-state index in [9.17, 15) is 0 Å². The normalized spacial score (nSPS) is 31.6. The molecule has 19 heavy (non-hydrogen) atoms. The molecule has 0 aromatic heterocycles. The minimum Gasteiger partial charge on any atom is -0.329 e. The Labute approximate surface area is 119 Å². The molecule has 2 aliphatic rings. The van der Waals surface area contributed by atoms with Crippen molar-refractivity contribution in [1.29, 1.82) is 0 Å². The quantitative estimate of drug-likeness (QED) is 0.852. The summed E-state index contributed by atoms with van der Waals surface area (Å²) in [5.41, 5.74) is 6.99. The molecule has 0 aromatic rings. The lowest BCUT2D eigenvalue weighted by atomic mass is 9.68. The summed E-state index contributed by atoms with van der Waals surface area (Å²) in [4.78, 5) is 5.12. The van der Waals surface area contributed by atoms with Crippen LogP contribution in [0.25, 0.3) is 0 Å². The number of hydrogen-bond donors (Lipinski definition) is 1. The van der Waals surface area contributed by atoms with Gasteiger partial charge in [0.15, 0.2) is 0 Å². The van der Waals surface area contributed by atoms with E-state index in [-0.39, 0.29) is 5.54 Å². The number of nitrogens with zero attached hydrogens (tertiary/aromatic N) is 2. The SMILES string of the molecule is CN1CCCC(N(C)C2(CN)CCC(C)(C)CC2)C1. The highest BCUT2D eigenvalue weighted by atomic mass is 15.3. The molecule has 1 heterocycles. The molecule has 0 aromatic carbocycles. The van der Waals surface area contributed by atoms with Crippen molar-refractivity contribution >= 4 is 0 Å². The van der Waals surface area contributed by atoms with Crippen LogP contribution in [-0.2, 0) is 0 Å². The molecular weight excluding hydrogens is 234 g/mol. The van der Waals surface area contributed by atoms with Gasteiger partial charge < -0.3 is 10.6 Å². The zero-order valence-electron chi connectivity index (χ0n) is 13.4. The Balaban J connectivity index is 2.04. The third-order valence-electron chi connectivity index (χ3n) is 5.81. The largest absolute Gasteiger partial charge is 0.329 e. The van der Waals surface area contributed by atoms with Gasteiger partial charge in [0.1, 0.15) is 0 Å². The molecule has 1 aliphatic heterocycles. The summed E-state index contributed by atoms with van der Waals surface area (Å²) in [5.74, 6) is 0. The summed E-state index contributed by atoms with van der Waals surface area (Å²) in [6, 6.07) is 0.698. The number of nitrogens with two attached hydrogens (primary N) is 1. The first-order chi connectivity index (χ1) is 8.88. The summed E-state index contributed by atoms with van der Waals surface area (Å²) in [6.45, 7) is 8.10. The van der Waals surface area contributed by atoms with E-state index in [0.717, 1.165) is 6.54 Å². The molecule has 1 atom stereocenters. The number of hydrogen-bond acceptors (Lipinski definition) is 3. The molecule has 0 spiro atoms. The van der Waals surface area contributed by atoms with E-state index >= 15 is 0 Å². The Bertz CT molecular complexity index is 290. The van der Waals surface area contributed by atoms with Gasteiger partial charge in [-0.15, -0.1) is 0 Å². The van der Waals surface area contributed by atoms with E-state index in [0.29, 0.717) is 11.5 Å². The molecule has 2 rings (SSSR count). The van der Waals surface area contributed by atoms with Crippen LogP contribution in [0, 0.1) is 5.41 Å². The van der Waals surface area contributed by atoms with E-state index in [1.165, 1.54) is 51.6 Å². The van der Waals surface area contributed by atoms with Crippen LogP contribution in [0.15, 0.2) is 0 Å². The molecule has 3 heteroatoms. The van der Waals surface area contributed by atoms with Gasteiger partial charge in [-0.25, -0.2) is 0 Å². The van der Waals surface area contributed by atoms with Crippen molar-refractivity contribution < 1.29 is 0 Å². The van der Waals surface area contributed by atoms with Gasteiger partial charge in [0.05, 0.1) is 0 Å². The monoisotopic (exact) mass is 267 g/mol. The van der Waals surface area contributed by atoms with Crippen molar-refractivity contribution in [3.05, 3.63) is 0 Å². The second-order valence-electron chi connectivity index (χ2n) is 7.76. The maximum Gasteiger partial charge on any atom is 0.0332 e. The molecule has 0 amide bonds. The summed E-state index contributed by atoms with van der Waals surface area (Å²) < 4.78 is 0. The van der Waals surface area contributed by atoms with Gasteiger partial charge in [0.25, 0.3) is 0 Å². The summed E-state index contributed by atoms with van der Waals surface area (Å²) in [7, 11) is 4.58. The van der Waals surface area contributed by atoms with Crippen LogP contribution in [0.3, 0.4) is 0 Å². The number of likely N-dealkylation sites (N-methyl/N-ethyl adjacent to an activating group) is 2.